The van der Waals surface area contributed by atoms with E-state index in [0.29, 0.717) is 6.54 Å². The smallest absolute Gasteiger partial charge is 0.367 e. The van der Waals surface area contributed by atoms with Gasteiger partial charge in [-0.2, -0.15) is 18.4 Å². The van der Waals surface area contributed by atoms with Gasteiger partial charge in [0.15, 0.2) is 0 Å². The third-order valence-corrected chi connectivity index (χ3v) is 4.11. The average Bonchev–Trinajstić information content (AvgIpc) is 2.44. The molecule has 0 spiro atoms. The molecule has 1 atom stereocenters. The second-order valence-corrected chi connectivity index (χ2v) is 6.18. The van der Waals surface area contributed by atoms with Gasteiger partial charge < -0.3 is 10.6 Å². The molecule has 2 N–H and O–H groups in total. The summed E-state index contributed by atoms with van der Waals surface area (Å²) in [4.78, 5) is 3.56. The quantitative estimate of drug-likeness (QED) is 0.900. The van der Waals surface area contributed by atoms with Crippen molar-refractivity contribution in [1.29, 1.82) is 5.26 Å². The first-order valence-corrected chi connectivity index (χ1v) is 7.19. The summed E-state index contributed by atoms with van der Waals surface area (Å²) >= 11 is 0. The van der Waals surface area contributed by atoms with Crippen LogP contribution in [0.3, 0.4) is 0 Å². The SMILES string of the molecule is CC1(C)CCCNC1CNc1nc(C(F)(F)F)ccc1C#N. The first-order valence-electron chi connectivity index (χ1n) is 7.19. The van der Waals surface area contributed by atoms with E-state index in [0.717, 1.165) is 31.5 Å². The molecular formula is C15H19F3N4. The van der Waals surface area contributed by atoms with Crippen molar-refractivity contribution in [3.8, 4) is 6.07 Å². The number of halogens is 3. The Hall–Kier alpha value is -1.81. The van der Waals surface area contributed by atoms with E-state index in [9.17, 15) is 13.2 Å². The van der Waals surface area contributed by atoms with Crippen LogP contribution < -0.4 is 10.6 Å². The molecule has 2 rings (SSSR count). The van der Waals surface area contributed by atoms with Crippen LogP contribution in [-0.2, 0) is 6.18 Å². The minimum Gasteiger partial charge on any atom is -0.367 e. The monoisotopic (exact) mass is 312 g/mol. The number of pyridine rings is 1. The normalized spacial score (nSPS) is 21.2. The Balaban J connectivity index is 2.16. The molecule has 1 saturated heterocycles. The van der Waals surface area contributed by atoms with E-state index in [1.54, 1.807) is 0 Å². The minimum absolute atomic E-state index is 0.0134. The summed E-state index contributed by atoms with van der Waals surface area (Å²) in [7, 11) is 0. The number of nitrogens with zero attached hydrogens (tertiary/aromatic N) is 2. The fraction of sp³-hybridized carbons (Fsp3) is 0.600. The van der Waals surface area contributed by atoms with Gasteiger partial charge >= 0.3 is 6.18 Å². The van der Waals surface area contributed by atoms with E-state index >= 15 is 0 Å². The van der Waals surface area contributed by atoms with Crippen LogP contribution in [0, 0.1) is 16.7 Å². The van der Waals surface area contributed by atoms with Crippen molar-refractivity contribution in [3.63, 3.8) is 0 Å². The Morgan fingerprint density at radius 3 is 2.77 bits per heavy atom. The Morgan fingerprint density at radius 1 is 1.45 bits per heavy atom. The maximum Gasteiger partial charge on any atom is 0.433 e. The van der Waals surface area contributed by atoms with Gasteiger partial charge in [-0.15, -0.1) is 0 Å². The van der Waals surface area contributed by atoms with Gasteiger partial charge in [-0.05, 0) is 36.9 Å². The van der Waals surface area contributed by atoms with Crippen LogP contribution in [0.2, 0.25) is 0 Å². The largest absolute Gasteiger partial charge is 0.433 e. The molecule has 7 heteroatoms. The van der Waals surface area contributed by atoms with Crippen LogP contribution in [0.5, 0.6) is 0 Å². The highest BCUT2D eigenvalue weighted by Crippen LogP contribution is 2.31. The molecule has 0 bridgehead atoms. The number of alkyl halides is 3. The van der Waals surface area contributed by atoms with Gasteiger partial charge in [0, 0.05) is 12.6 Å². The summed E-state index contributed by atoms with van der Waals surface area (Å²) in [5, 5.41) is 15.3. The highest BCUT2D eigenvalue weighted by Gasteiger charge is 2.34. The van der Waals surface area contributed by atoms with Gasteiger partial charge in [-0.1, -0.05) is 13.8 Å². The molecule has 120 valence electrons. The molecule has 4 nitrogen and oxygen atoms in total. The van der Waals surface area contributed by atoms with Crippen LogP contribution in [0.25, 0.3) is 0 Å². The minimum atomic E-state index is -4.52. The summed E-state index contributed by atoms with van der Waals surface area (Å²) < 4.78 is 38.2. The third kappa shape index (κ3) is 3.69. The highest BCUT2D eigenvalue weighted by atomic mass is 19.4. The van der Waals surface area contributed by atoms with E-state index in [2.05, 4.69) is 29.5 Å². The molecule has 0 radical (unpaired) electrons. The molecule has 1 fully saturated rings. The predicted molar refractivity (Wildman–Crippen MR) is 77.2 cm³/mol. The summed E-state index contributed by atoms with van der Waals surface area (Å²) in [6.45, 7) is 5.56. The number of rotatable bonds is 3. The molecule has 1 aromatic rings. The van der Waals surface area contributed by atoms with Crippen LogP contribution in [0.4, 0.5) is 19.0 Å². The first kappa shape index (κ1) is 16.6. The molecule has 0 saturated carbocycles. The number of aromatic nitrogens is 1. The van der Waals surface area contributed by atoms with Gasteiger partial charge in [0.2, 0.25) is 0 Å². The van der Waals surface area contributed by atoms with E-state index in [4.69, 9.17) is 5.26 Å². The Bertz CT molecular complexity index is 575. The van der Waals surface area contributed by atoms with Crippen molar-refractivity contribution in [1.82, 2.24) is 10.3 Å². The number of piperidine rings is 1. The van der Waals surface area contributed by atoms with Crippen molar-refractivity contribution < 1.29 is 13.2 Å². The van der Waals surface area contributed by atoms with E-state index in [-0.39, 0.29) is 22.8 Å². The lowest BCUT2D eigenvalue weighted by atomic mass is 9.77. The summed E-state index contributed by atoms with van der Waals surface area (Å²) in [6, 6.07) is 3.96. The first-order chi connectivity index (χ1) is 10.2. The van der Waals surface area contributed by atoms with E-state index < -0.39 is 11.9 Å². The highest BCUT2D eigenvalue weighted by molar-refractivity contribution is 5.52. The van der Waals surface area contributed by atoms with Crippen molar-refractivity contribution >= 4 is 5.82 Å². The number of nitrogens with one attached hydrogen (secondary N) is 2. The van der Waals surface area contributed by atoms with Crippen molar-refractivity contribution in [2.75, 3.05) is 18.4 Å². The van der Waals surface area contributed by atoms with Crippen molar-refractivity contribution in [2.24, 2.45) is 5.41 Å². The molecule has 1 aliphatic heterocycles. The second kappa shape index (κ2) is 6.13. The summed E-state index contributed by atoms with van der Waals surface area (Å²) in [5.74, 6) is -0.0134. The lowest BCUT2D eigenvalue weighted by molar-refractivity contribution is -0.141. The number of anilines is 1. The molecule has 1 unspecified atom stereocenters. The van der Waals surface area contributed by atoms with Crippen LogP contribution >= 0.6 is 0 Å². The van der Waals surface area contributed by atoms with Gasteiger partial charge in [0.1, 0.15) is 17.6 Å². The Labute approximate surface area is 127 Å². The topological polar surface area (TPSA) is 60.7 Å². The number of hydrogen-bond donors (Lipinski definition) is 2. The fourth-order valence-electron chi connectivity index (χ4n) is 2.66. The maximum absolute atomic E-state index is 12.7. The molecule has 1 aromatic heterocycles. The summed E-state index contributed by atoms with van der Waals surface area (Å²) in [5.41, 5.74) is -0.842. The van der Waals surface area contributed by atoms with E-state index in [1.165, 1.54) is 0 Å². The predicted octanol–water partition coefficient (Wildman–Crippen LogP) is 3.16. The zero-order chi connectivity index (χ0) is 16.4. The zero-order valence-electron chi connectivity index (χ0n) is 12.6. The van der Waals surface area contributed by atoms with Crippen LogP contribution in [0.15, 0.2) is 12.1 Å². The molecule has 0 aromatic carbocycles. The van der Waals surface area contributed by atoms with Crippen molar-refractivity contribution in [2.45, 2.75) is 38.9 Å². The molecule has 2 heterocycles. The van der Waals surface area contributed by atoms with Gasteiger partial charge in [0.25, 0.3) is 0 Å². The van der Waals surface area contributed by atoms with Gasteiger partial charge in [-0.25, -0.2) is 4.98 Å². The van der Waals surface area contributed by atoms with Crippen LogP contribution in [0.1, 0.15) is 37.9 Å². The molecule has 0 aliphatic carbocycles. The third-order valence-electron chi connectivity index (χ3n) is 4.11. The van der Waals surface area contributed by atoms with E-state index in [1.807, 2.05) is 6.07 Å². The molecular weight excluding hydrogens is 293 g/mol. The summed E-state index contributed by atoms with van der Waals surface area (Å²) in [6.07, 6.45) is -2.39. The standard InChI is InChI=1S/C15H19F3N4/c1-14(2)6-3-7-20-12(14)9-21-13-10(8-19)4-5-11(22-13)15(16,17)18/h4-5,12,20H,3,6-7,9H2,1-2H3,(H,21,22). The van der Waals surface area contributed by atoms with Crippen LogP contribution in [-0.4, -0.2) is 24.1 Å². The molecule has 0 amide bonds. The Morgan fingerprint density at radius 2 is 2.18 bits per heavy atom. The second-order valence-electron chi connectivity index (χ2n) is 6.18. The maximum atomic E-state index is 12.7. The lowest BCUT2D eigenvalue weighted by Crippen LogP contribution is -2.50. The molecule has 1 aliphatic rings. The molecule has 22 heavy (non-hydrogen) atoms. The van der Waals surface area contributed by atoms with Gasteiger partial charge in [-0.3, -0.25) is 0 Å². The number of hydrogen-bond acceptors (Lipinski definition) is 4. The lowest BCUT2D eigenvalue weighted by Gasteiger charge is -2.39. The fourth-order valence-corrected chi connectivity index (χ4v) is 2.66. The van der Waals surface area contributed by atoms with Gasteiger partial charge in [0.05, 0.1) is 5.56 Å². The van der Waals surface area contributed by atoms with Crippen molar-refractivity contribution in [3.05, 3.63) is 23.4 Å². The Kier molecular flexibility index (Phi) is 4.61. The number of nitriles is 1. The zero-order valence-corrected chi connectivity index (χ0v) is 12.6. The average molecular weight is 312 g/mol.